The third kappa shape index (κ3) is 3.05. The standard InChI is InChI=1S/C17H17N3O/c1-21-17-7-5-13(6-8-17)11-20-12-15(10-19-20)14-3-2-4-16(18)9-14/h2-10,12H,11,18H2,1H3. The number of hydrogen-bond donors (Lipinski definition) is 1. The van der Waals surface area contributed by atoms with Crippen LogP contribution in [0.1, 0.15) is 5.56 Å². The maximum atomic E-state index is 5.81. The van der Waals surface area contributed by atoms with E-state index in [0.29, 0.717) is 0 Å². The fraction of sp³-hybridized carbons (Fsp3) is 0.118. The van der Waals surface area contributed by atoms with Crippen LogP contribution in [0.25, 0.3) is 11.1 Å². The number of benzene rings is 2. The molecule has 0 unspecified atom stereocenters. The predicted octanol–water partition coefficient (Wildman–Crippen LogP) is 3.19. The highest BCUT2D eigenvalue weighted by atomic mass is 16.5. The molecule has 0 bridgehead atoms. The molecule has 21 heavy (non-hydrogen) atoms. The van der Waals surface area contributed by atoms with Gasteiger partial charge in [0.1, 0.15) is 5.75 Å². The summed E-state index contributed by atoms with van der Waals surface area (Å²) in [5, 5.41) is 4.40. The zero-order chi connectivity index (χ0) is 14.7. The molecule has 0 fully saturated rings. The molecule has 0 aliphatic heterocycles. The van der Waals surface area contributed by atoms with Crippen LogP contribution < -0.4 is 10.5 Å². The first-order chi connectivity index (χ1) is 10.2. The second kappa shape index (κ2) is 5.71. The van der Waals surface area contributed by atoms with Crippen LogP contribution in [0.15, 0.2) is 60.9 Å². The van der Waals surface area contributed by atoms with Gasteiger partial charge in [-0.2, -0.15) is 5.10 Å². The Bertz CT molecular complexity index is 732. The Morgan fingerprint density at radius 1 is 1.10 bits per heavy atom. The van der Waals surface area contributed by atoms with E-state index in [2.05, 4.69) is 5.10 Å². The van der Waals surface area contributed by atoms with Crippen molar-refractivity contribution in [1.82, 2.24) is 9.78 Å². The van der Waals surface area contributed by atoms with E-state index in [-0.39, 0.29) is 0 Å². The first-order valence-corrected chi connectivity index (χ1v) is 6.76. The minimum absolute atomic E-state index is 0.728. The first kappa shape index (κ1) is 13.2. The van der Waals surface area contributed by atoms with Crippen molar-refractivity contribution in [1.29, 1.82) is 0 Å². The summed E-state index contributed by atoms with van der Waals surface area (Å²) in [5.74, 6) is 0.861. The summed E-state index contributed by atoms with van der Waals surface area (Å²) in [4.78, 5) is 0. The average Bonchev–Trinajstić information content (AvgIpc) is 2.97. The van der Waals surface area contributed by atoms with Gasteiger partial charge >= 0.3 is 0 Å². The molecule has 0 saturated carbocycles. The molecular formula is C17H17N3O. The lowest BCUT2D eigenvalue weighted by Crippen LogP contribution is -1.99. The van der Waals surface area contributed by atoms with Gasteiger partial charge < -0.3 is 10.5 Å². The summed E-state index contributed by atoms with van der Waals surface area (Å²) in [6.45, 7) is 0.728. The third-order valence-corrected chi connectivity index (χ3v) is 3.36. The van der Waals surface area contributed by atoms with E-state index in [0.717, 1.165) is 29.1 Å². The van der Waals surface area contributed by atoms with Crippen molar-refractivity contribution in [2.45, 2.75) is 6.54 Å². The number of nitrogen functional groups attached to an aromatic ring is 1. The molecule has 1 aromatic heterocycles. The van der Waals surface area contributed by atoms with Gasteiger partial charge in [0.2, 0.25) is 0 Å². The van der Waals surface area contributed by atoms with Gasteiger partial charge in [-0.3, -0.25) is 4.68 Å². The van der Waals surface area contributed by atoms with E-state index in [1.54, 1.807) is 7.11 Å². The molecule has 0 spiro atoms. The molecule has 0 atom stereocenters. The zero-order valence-corrected chi connectivity index (χ0v) is 11.9. The van der Waals surface area contributed by atoms with Crippen molar-refractivity contribution in [3.05, 3.63) is 66.5 Å². The fourth-order valence-corrected chi connectivity index (χ4v) is 2.24. The molecule has 2 aromatic carbocycles. The molecule has 0 aliphatic rings. The monoisotopic (exact) mass is 279 g/mol. The minimum Gasteiger partial charge on any atom is -0.497 e. The smallest absolute Gasteiger partial charge is 0.118 e. The molecular weight excluding hydrogens is 262 g/mol. The molecule has 0 radical (unpaired) electrons. The topological polar surface area (TPSA) is 53.1 Å². The fourth-order valence-electron chi connectivity index (χ4n) is 2.24. The van der Waals surface area contributed by atoms with Gasteiger partial charge in [0, 0.05) is 17.4 Å². The van der Waals surface area contributed by atoms with Gasteiger partial charge in [0.25, 0.3) is 0 Å². The lowest BCUT2D eigenvalue weighted by molar-refractivity contribution is 0.414. The molecule has 4 heteroatoms. The number of methoxy groups -OCH3 is 1. The Morgan fingerprint density at radius 3 is 2.62 bits per heavy atom. The van der Waals surface area contributed by atoms with Gasteiger partial charge in [0.15, 0.2) is 0 Å². The molecule has 3 aromatic rings. The van der Waals surface area contributed by atoms with Crippen LogP contribution in [0.5, 0.6) is 5.75 Å². The second-order valence-corrected chi connectivity index (χ2v) is 4.90. The largest absolute Gasteiger partial charge is 0.497 e. The molecule has 0 saturated heterocycles. The second-order valence-electron chi connectivity index (χ2n) is 4.90. The minimum atomic E-state index is 0.728. The van der Waals surface area contributed by atoms with Crippen LogP contribution in [-0.2, 0) is 6.54 Å². The van der Waals surface area contributed by atoms with E-state index < -0.39 is 0 Å². The highest BCUT2D eigenvalue weighted by Crippen LogP contribution is 2.21. The highest BCUT2D eigenvalue weighted by molar-refractivity contribution is 5.65. The Kier molecular flexibility index (Phi) is 3.60. The molecule has 106 valence electrons. The van der Waals surface area contributed by atoms with E-state index in [1.807, 2.05) is 65.6 Å². The lowest BCUT2D eigenvalue weighted by atomic mass is 10.1. The van der Waals surface area contributed by atoms with Crippen LogP contribution in [0.2, 0.25) is 0 Å². The van der Waals surface area contributed by atoms with Crippen molar-refractivity contribution >= 4 is 5.69 Å². The number of anilines is 1. The van der Waals surface area contributed by atoms with Gasteiger partial charge in [-0.15, -0.1) is 0 Å². The molecule has 1 heterocycles. The molecule has 3 rings (SSSR count). The molecule has 4 nitrogen and oxygen atoms in total. The summed E-state index contributed by atoms with van der Waals surface area (Å²) >= 11 is 0. The first-order valence-electron chi connectivity index (χ1n) is 6.76. The van der Waals surface area contributed by atoms with Crippen molar-refractivity contribution in [2.24, 2.45) is 0 Å². The Hall–Kier alpha value is -2.75. The van der Waals surface area contributed by atoms with Crippen molar-refractivity contribution in [3.8, 4) is 16.9 Å². The van der Waals surface area contributed by atoms with Gasteiger partial charge in [0.05, 0.1) is 19.9 Å². The number of ether oxygens (including phenoxy) is 1. The van der Waals surface area contributed by atoms with Crippen molar-refractivity contribution < 1.29 is 4.74 Å². The van der Waals surface area contributed by atoms with Gasteiger partial charge in [-0.05, 0) is 35.4 Å². The summed E-state index contributed by atoms with van der Waals surface area (Å²) in [5.41, 5.74) is 9.90. The van der Waals surface area contributed by atoms with E-state index >= 15 is 0 Å². The van der Waals surface area contributed by atoms with Crippen LogP contribution in [0.3, 0.4) is 0 Å². The lowest BCUT2D eigenvalue weighted by Gasteiger charge is -2.04. The number of nitrogens with two attached hydrogens (primary N) is 1. The van der Waals surface area contributed by atoms with E-state index in [1.165, 1.54) is 5.56 Å². The molecule has 0 amide bonds. The summed E-state index contributed by atoms with van der Waals surface area (Å²) in [6, 6.07) is 15.8. The van der Waals surface area contributed by atoms with Gasteiger partial charge in [-0.1, -0.05) is 24.3 Å². The van der Waals surface area contributed by atoms with E-state index in [9.17, 15) is 0 Å². The van der Waals surface area contributed by atoms with Crippen molar-refractivity contribution in [3.63, 3.8) is 0 Å². The summed E-state index contributed by atoms with van der Waals surface area (Å²) in [7, 11) is 1.67. The Balaban J connectivity index is 1.78. The summed E-state index contributed by atoms with van der Waals surface area (Å²) in [6.07, 6.45) is 3.89. The number of rotatable bonds is 4. The number of nitrogens with zero attached hydrogens (tertiary/aromatic N) is 2. The Morgan fingerprint density at radius 2 is 1.90 bits per heavy atom. The number of aromatic nitrogens is 2. The quantitative estimate of drug-likeness (QED) is 0.746. The predicted molar refractivity (Wildman–Crippen MR) is 84.2 cm³/mol. The van der Waals surface area contributed by atoms with Crippen molar-refractivity contribution in [2.75, 3.05) is 12.8 Å². The zero-order valence-electron chi connectivity index (χ0n) is 11.9. The third-order valence-electron chi connectivity index (χ3n) is 3.36. The van der Waals surface area contributed by atoms with Crippen LogP contribution in [-0.4, -0.2) is 16.9 Å². The average molecular weight is 279 g/mol. The maximum absolute atomic E-state index is 5.81. The van der Waals surface area contributed by atoms with Crippen LogP contribution in [0, 0.1) is 0 Å². The van der Waals surface area contributed by atoms with Crippen LogP contribution >= 0.6 is 0 Å². The highest BCUT2D eigenvalue weighted by Gasteiger charge is 2.03. The van der Waals surface area contributed by atoms with E-state index in [4.69, 9.17) is 10.5 Å². The Labute approximate surface area is 123 Å². The molecule has 2 N–H and O–H groups in total. The number of hydrogen-bond acceptors (Lipinski definition) is 3. The SMILES string of the molecule is COc1ccc(Cn2cc(-c3cccc(N)c3)cn2)cc1. The van der Waals surface area contributed by atoms with Crippen LogP contribution in [0.4, 0.5) is 5.69 Å². The summed E-state index contributed by atoms with van der Waals surface area (Å²) < 4.78 is 7.08. The molecule has 0 aliphatic carbocycles. The maximum Gasteiger partial charge on any atom is 0.118 e. The van der Waals surface area contributed by atoms with Gasteiger partial charge in [-0.25, -0.2) is 0 Å². The normalized spacial score (nSPS) is 10.5.